The van der Waals surface area contributed by atoms with Gasteiger partial charge in [0, 0.05) is 0 Å². The van der Waals surface area contributed by atoms with E-state index in [0.717, 1.165) is 22.3 Å². The summed E-state index contributed by atoms with van der Waals surface area (Å²) in [5.41, 5.74) is 14.3. The van der Waals surface area contributed by atoms with Crippen LogP contribution >= 0.6 is 0 Å². The summed E-state index contributed by atoms with van der Waals surface area (Å²) in [5.74, 6) is 0. The third-order valence-electron chi connectivity index (χ3n) is 6.27. The van der Waals surface area contributed by atoms with E-state index >= 15 is 0 Å². The number of amides is 4. The molecule has 0 atom stereocenters. The van der Waals surface area contributed by atoms with Gasteiger partial charge in [-0.05, 0) is 79.9 Å². The van der Waals surface area contributed by atoms with Crippen LogP contribution in [0.4, 0.5) is 21.0 Å². The second-order valence-electron chi connectivity index (χ2n) is 9.35. The van der Waals surface area contributed by atoms with Gasteiger partial charge in [-0.2, -0.15) is 8.61 Å². The number of nitrogens with two attached hydrogens (primary N) is 2. The van der Waals surface area contributed by atoms with Gasteiger partial charge in [-0.1, -0.05) is 59.7 Å². The number of aryl methyl sites for hydroxylation is 2. The van der Waals surface area contributed by atoms with E-state index in [-0.39, 0.29) is 21.2 Å². The maximum Gasteiger partial charge on any atom is 0.333 e. The minimum Gasteiger partial charge on any atom is -0.350 e. The highest BCUT2D eigenvalue weighted by atomic mass is 32.2. The van der Waals surface area contributed by atoms with Crippen molar-refractivity contribution in [3.8, 4) is 0 Å². The molecule has 0 unspecified atom stereocenters. The van der Waals surface area contributed by atoms with E-state index < -0.39 is 32.1 Å². The molecule has 0 heterocycles. The molecular formula is C29H28N4O6S2. The Morgan fingerprint density at radius 2 is 0.829 bits per heavy atom. The molecule has 0 radical (unpaired) electrons. The van der Waals surface area contributed by atoms with E-state index in [0.29, 0.717) is 15.0 Å². The summed E-state index contributed by atoms with van der Waals surface area (Å²) in [4.78, 5) is 24.2. The van der Waals surface area contributed by atoms with Gasteiger partial charge >= 0.3 is 12.1 Å². The van der Waals surface area contributed by atoms with Crippen LogP contribution < -0.4 is 20.1 Å². The van der Waals surface area contributed by atoms with Crippen LogP contribution in [0.5, 0.6) is 0 Å². The van der Waals surface area contributed by atoms with Gasteiger partial charge in [0.05, 0.1) is 21.2 Å². The minimum atomic E-state index is -4.23. The maximum absolute atomic E-state index is 13.1. The van der Waals surface area contributed by atoms with Crippen LogP contribution in [0.1, 0.15) is 22.3 Å². The zero-order valence-corrected chi connectivity index (χ0v) is 23.9. The number of primary amides is 2. The SMILES string of the molecule is Cc1ccc(S(=O)(=O)N(C(N)=O)c2ccc(Cc3ccc(N(C(N)=O)S(=O)(=O)c4ccc(C)cc4)cc3)cc2)cc1. The van der Waals surface area contributed by atoms with Gasteiger partial charge < -0.3 is 11.5 Å². The predicted octanol–water partition coefficient (Wildman–Crippen LogP) is 4.44. The molecule has 10 nitrogen and oxygen atoms in total. The number of sulfonamides is 2. The van der Waals surface area contributed by atoms with E-state index in [9.17, 15) is 26.4 Å². The van der Waals surface area contributed by atoms with Crippen molar-refractivity contribution in [3.05, 3.63) is 119 Å². The molecule has 12 heteroatoms. The molecule has 0 fully saturated rings. The van der Waals surface area contributed by atoms with Crippen molar-refractivity contribution in [1.29, 1.82) is 0 Å². The summed E-state index contributed by atoms with van der Waals surface area (Å²) in [7, 11) is -8.46. The Balaban J connectivity index is 1.55. The van der Waals surface area contributed by atoms with E-state index in [1.807, 2.05) is 13.8 Å². The fourth-order valence-corrected chi connectivity index (χ4v) is 6.79. The average Bonchev–Trinajstić information content (AvgIpc) is 2.91. The monoisotopic (exact) mass is 592 g/mol. The number of carbonyl (C=O) groups is 2. The first-order valence-electron chi connectivity index (χ1n) is 12.3. The van der Waals surface area contributed by atoms with Crippen molar-refractivity contribution in [3.63, 3.8) is 0 Å². The van der Waals surface area contributed by atoms with E-state index in [1.54, 1.807) is 48.5 Å². The zero-order valence-electron chi connectivity index (χ0n) is 22.3. The Morgan fingerprint density at radius 3 is 1.10 bits per heavy atom. The fourth-order valence-electron chi connectivity index (χ4n) is 4.13. The van der Waals surface area contributed by atoms with Crippen molar-refractivity contribution >= 4 is 43.5 Å². The van der Waals surface area contributed by atoms with Gasteiger partial charge in [0.25, 0.3) is 20.0 Å². The number of hydrogen-bond donors (Lipinski definition) is 2. The molecule has 41 heavy (non-hydrogen) atoms. The van der Waals surface area contributed by atoms with Gasteiger partial charge in [0.15, 0.2) is 0 Å². The molecule has 0 aliphatic rings. The van der Waals surface area contributed by atoms with Gasteiger partial charge in [-0.25, -0.2) is 26.4 Å². The highest BCUT2D eigenvalue weighted by Gasteiger charge is 2.30. The average molecular weight is 593 g/mol. The number of nitrogens with zero attached hydrogens (tertiary/aromatic N) is 2. The van der Waals surface area contributed by atoms with Gasteiger partial charge in [0.2, 0.25) is 0 Å². The van der Waals surface area contributed by atoms with Crippen LogP contribution in [0.15, 0.2) is 107 Å². The van der Waals surface area contributed by atoms with Crippen molar-refractivity contribution in [2.24, 2.45) is 11.5 Å². The molecule has 4 aromatic carbocycles. The Hall–Kier alpha value is -4.68. The first-order valence-corrected chi connectivity index (χ1v) is 15.2. The van der Waals surface area contributed by atoms with E-state index in [1.165, 1.54) is 48.5 Å². The topological polar surface area (TPSA) is 161 Å². The molecule has 4 amide bonds. The molecule has 0 aromatic heterocycles. The third kappa shape index (κ3) is 6.23. The summed E-state index contributed by atoms with van der Waals surface area (Å²) in [6.45, 7) is 3.63. The normalized spacial score (nSPS) is 11.6. The predicted molar refractivity (Wildman–Crippen MR) is 157 cm³/mol. The van der Waals surface area contributed by atoms with Crippen LogP contribution in [0.3, 0.4) is 0 Å². The molecular weight excluding hydrogens is 564 g/mol. The number of benzene rings is 4. The highest BCUT2D eigenvalue weighted by molar-refractivity contribution is 7.94. The lowest BCUT2D eigenvalue weighted by atomic mass is 10.0. The smallest absolute Gasteiger partial charge is 0.333 e. The van der Waals surface area contributed by atoms with Crippen molar-refractivity contribution in [2.75, 3.05) is 8.61 Å². The molecule has 0 saturated carbocycles. The molecule has 0 saturated heterocycles. The molecule has 0 bridgehead atoms. The van der Waals surface area contributed by atoms with Crippen LogP contribution in [0.2, 0.25) is 0 Å². The molecule has 4 N–H and O–H groups in total. The fraction of sp³-hybridized carbons (Fsp3) is 0.103. The molecule has 0 aliphatic carbocycles. The Kier molecular flexibility index (Phi) is 8.17. The molecule has 0 aliphatic heterocycles. The van der Waals surface area contributed by atoms with Gasteiger partial charge in [-0.15, -0.1) is 0 Å². The summed E-state index contributed by atoms with van der Waals surface area (Å²) in [6, 6.07) is 22.4. The lowest BCUT2D eigenvalue weighted by Crippen LogP contribution is -2.40. The summed E-state index contributed by atoms with van der Waals surface area (Å²) < 4.78 is 53.6. The number of rotatable bonds is 8. The molecule has 4 rings (SSSR count). The van der Waals surface area contributed by atoms with Crippen molar-refractivity contribution in [1.82, 2.24) is 0 Å². The molecule has 212 valence electrons. The Labute approximate surface area is 238 Å². The van der Waals surface area contributed by atoms with Crippen LogP contribution in [0.25, 0.3) is 0 Å². The summed E-state index contributed by atoms with van der Waals surface area (Å²) in [5, 5.41) is 0. The van der Waals surface area contributed by atoms with Crippen molar-refractivity contribution < 1.29 is 26.4 Å². The Bertz CT molecular complexity index is 1650. The summed E-state index contributed by atoms with van der Waals surface area (Å²) in [6.07, 6.45) is 0.392. The first kappa shape index (κ1) is 29.3. The summed E-state index contributed by atoms with van der Waals surface area (Å²) >= 11 is 0. The van der Waals surface area contributed by atoms with Crippen LogP contribution in [0, 0.1) is 13.8 Å². The first-order chi connectivity index (χ1) is 19.3. The van der Waals surface area contributed by atoms with E-state index in [4.69, 9.17) is 11.5 Å². The maximum atomic E-state index is 13.1. The van der Waals surface area contributed by atoms with E-state index in [2.05, 4.69) is 0 Å². The quantitative estimate of drug-likeness (QED) is 0.307. The standard InChI is InChI=1S/C29H28N4O6S2/c1-20-3-15-26(16-4-20)40(36,37)32(28(30)34)24-11-7-22(8-12-24)19-23-9-13-25(14-10-23)33(29(31)35)41(38,39)27-17-5-21(2)6-18-27/h3-18H,19H2,1-2H3,(H2,30,34)(H2,31,35). The van der Waals surface area contributed by atoms with Crippen LogP contribution in [-0.4, -0.2) is 28.9 Å². The second-order valence-corrected chi connectivity index (χ2v) is 12.9. The second kappa shape index (κ2) is 11.4. The lowest BCUT2D eigenvalue weighted by molar-refractivity contribution is 0.256. The number of hydrogen-bond acceptors (Lipinski definition) is 6. The third-order valence-corrected chi connectivity index (χ3v) is 9.75. The molecule has 4 aromatic rings. The van der Waals surface area contributed by atoms with Gasteiger partial charge in [0.1, 0.15) is 0 Å². The zero-order chi connectivity index (χ0) is 29.9. The van der Waals surface area contributed by atoms with Gasteiger partial charge in [-0.3, -0.25) is 0 Å². The van der Waals surface area contributed by atoms with Crippen molar-refractivity contribution in [2.45, 2.75) is 30.1 Å². The highest BCUT2D eigenvalue weighted by Crippen LogP contribution is 2.27. The lowest BCUT2D eigenvalue weighted by Gasteiger charge is -2.21. The number of carbonyl (C=O) groups excluding carboxylic acids is 2. The largest absolute Gasteiger partial charge is 0.350 e. The molecule has 0 spiro atoms. The Morgan fingerprint density at radius 1 is 0.537 bits per heavy atom. The number of urea groups is 2. The minimum absolute atomic E-state index is 0.0690. The number of anilines is 2. The van der Waals surface area contributed by atoms with Crippen LogP contribution in [-0.2, 0) is 26.5 Å².